The highest BCUT2D eigenvalue weighted by Crippen LogP contribution is 2.37. The van der Waals surface area contributed by atoms with Crippen LogP contribution in [0.4, 0.5) is 15.8 Å². The van der Waals surface area contributed by atoms with Gasteiger partial charge < -0.3 is 25.3 Å². The van der Waals surface area contributed by atoms with E-state index in [-0.39, 0.29) is 28.9 Å². The molecule has 11 heteroatoms. The van der Waals surface area contributed by atoms with Crippen molar-refractivity contribution in [2.45, 2.75) is 25.9 Å². The number of benzene rings is 2. The molecular weight excluding hydrogens is 523 g/mol. The molecule has 208 valence electrons. The molecular formula is C30H29FN8O2. The largest absolute Gasteiger partial charge is 0.496 e. The number of ether oxygens (including phenoxy) is 1. The molecule has 1 atom stereocenters. The summed E-state index contributed by atoms with van der Waals surface area (Å²) in [6.07, 6.45) is 5.81. The van der Waals surface area contributed by atoms with Crippen molar-refractivity contribution in [2.75, 3.05) is 30.4 Å². The molecule has 41 heavy (non-hydrogen) atoms. The van der Waals surface area contributed by atoms with Gasteiger partial charge >= 0.3 is 0 Å². The zero-order valence-electron chi connectivity index (χ0n) is 22.7. The molecule has 2 aromatic carbocycles. The van der Waals surface area contributed by atoms with Crippen molar-refractivity contribution >= 4 is 28.3 Å². The minimum absolute atomic E-state index is 0.0222. The highest BCUT2D eigenvalue weighted by Gasteiger charge is 2.27. The molecule has 1 fully saturated rings. The Kier molecular flexibility index (Phi) is 7.02. The van der Waals surface area contributed by atoms with E-state index in [0.717, 1.165) is 41.1 Å². The second-order valence-electron chi connectivity index (χ2n) is 9.96. The number of carbonyl (C=O) groups is 1. The smallest absolute Gasteiger partial charge is 0.274 e. The van der Waals surface area contributed by atoms with Gasteiger partial charge in [0.2, 0.25) is 0 Å². The molecule has 1 saturated heterocycles. The van der Waals surface area contributed by atoms with Gasteiger partial charge in [0.1, 0.15) is 28.6 Å². The maximum absolute atomic E-state index is 14.7. The van der Waals surface area contributed by atoms with Gasteiger partial charge in [-0.05, 0) is 61.4 Å². The van der Waals surface area contributed by atoms with Gasteiger partial charge in [-0.25, -0.2) is 19.3 Å². The summed E-state index contributed by atoms with van der Waals surface area (Å²) in [5.74, 6) is 0.181. The number of nitrogens with one attached hydrogen (secondary N) is 1. The normalized spacial score (nSPS) is 14.9. The van der Waals surface area contributed by atoms with E-state index in [1.807, 2.05) is 31.2 Å². The van der Waals surface area contributed by atoms with Crippen LogP contribution in [0.5, 0.6) is 5.75 Å². The number of aromatic nitrogens is 5. The predicted molar refractivity (Wildman–Crippen MR) is 155 cm³/mol. The van der Waals surface area contributed by atoms with Crippen LogP contribution in [-0.2, 0) is 6.54 Å². The van der Waals surface area contributed by atoms with Crippen molar-refractivity contribution in [3.05, 3.63) is 90.0 Å². The van der Waals surface area contributed by atoms with Crippen molar-refractivity contribution < 1.29 is 13.9 Å². The number of methoxy groups -OCH3 is 1. The number of imidazole rings is 1. The number of nitrogens with zero attached hydrogens (tertiary/aromatic N) is 6. The molecule has 1 amide bonds. The van der Waals surface area contributed by atoms with E-state index in [4.69, 9.17) is 15.5 Å². The van der Waals surface area contributed by atoms with Crippen LogP contribution in [0, 0.1) is 12.7 Å². The van der Waals surface area contributed by atoms with Gasteiger partial charge in [0, 0.05) is 44.3 Å². The second-order valence-corrected chi connectivity index (χ2v) is 9.96. The summed E-state index contributed by atoms with van der Waals surface area (Å²) >= 11 is 0. The van der Waals surface area contributed by atoms with E-state index >= 15 is 0 Å². The summed E-state index contributed by atoms with van der Waals surface area (Å²) in [6, 6.07) is 13.8. The first kappa shape index (κ1) is 26.3. The van der Waals surface area contributed by atoms with E-state index in [0.29, 0.717) is 18.8 Å². The SMILES string of the molecule is COc1cccc(F)c1-c1nccc(C(=O)Nc2ccc3c(nc(C)n3Cc3ccncc3)c2N2CC[C@H](N)C2)n1. The van der Waals surface area contributed by atoms with Crippen LogP contribution < -0.4 is 20.7 Å². The van der Waals surface area contributed by atoms with E-state index in [9.17, 15) is 9.18 Å². The Labute approximate surface area is 236 Å². The molecule has 3 N–H and O–H groups in total. The summed E-state index contributed by atoms with van der Waals surface area (Å²) in [7, 11) is 1.44. The van der Waals surface area contributed by atoms with Crippen LogP contribution in [0.2, 0.25) is 0 Å². The molecule has 0 spiro atoms. The number of hydrogen-bond acceptors (Lipinski definition) is 8. The van der Waals surface area contributed by atoms with Crippen LogP contribution in [0.15, 0.2) is 67.1 Å². The Morgan fingerprint density at radius 1 is 1.12 bits per heavy atom. The van der Waals surface area contributed by atoms with Gasteiger partial charge in [0.25, 0.3) is 5.91 Å². The molecule has 10 nitrogen and oxygen atoms in total. The van der Waals surface area contributed by atoms with Gasteiger partial charge in [0.15, 0.2) is 5.82 Å². The summed E-state index contributed by atoms with van der Waals surface area (Å²) in [5, 5.41) is 3.02. The van der Waals surface area contributed by atoms with Crippen molar-refractivity contribution in [3.63, 3.8) is 0 Å². The van der Waals surface area contributed by atoms with Gasteiger partial charge in [-0.1, -0.05) is 6.07 Å². The van der Waals surface area contributed by atoms with E-state index in [1.165, 1.54) is 31.5 Å². The summed E-state index contributed by atoms with van der Waals surface area (Å²) in [5.41, 5.74) is 10.7. The zero-order valence-corrected chi connectivity index (χ0v) is 22.7. The third-order valence-electron chi connectivity index (χ3n) is 7.27. The Balaban J connectivity index is 1.38. The lowest BCUT2D eigenvalue weighted by Gasteiger charge is -2.22. The molecule has 0 unspecified atom stereocenters. The number of hydrogen-bond donors (Lipinski definition) is 2. The Morgan fingerprint density at radius 2 is 1.95 bits per heavy atom. The number of nitrogens with two attached hydrogens (primary N) is 1. The molecule has 0 saturated carbocycles. The van der Waals surface area contributed by atoms with Crippen molar-refractivity contribution in [2.24, 2.45) is 5.73 Å². The van der Waals surface area contributed by atoms with Crippen LogP contribution in [0.3, 0.4) is 0 Å². The van der Waals surface area contributed by atoms with Crippen LogP contribution in [0.25, 0.3) is 22.4 Å². The predicted octanol–water partition coefficient (Wildman–Crippen LogP) is 4.18. The fraction of sp³-hybridized carbons (Fsp3) is 0.233. The second kappa shape index (κ2) is 10.9. The Hall–Kier alpha value is -4.90. The maximum Gasteiger partial charge on any atom is 0.274 e. The van der Waals surface area contributed by atoms with E-state index < -0.39 is 11.7 Å². The molecule has 0 radical (unpaired) electrons. The van der Waals surface area contributed by atoms with Gasteiger partial charge in [-0.3, -0.25) is 9.78 Å². The minimum atomic E-state index is -0.544. The lowest BCUT2D eigenvalue weighted by molar-refractivity contribution is 0.102. The lowest BCUT2D eigenvalue weighted by Crippen LogP contribution is -2.27. The van der Waals surface area contributed by atoms with E-state index in [2.05, 4.69) is 29.7 Å². The van der Waals surface area contributed by atoms with Crippen LogP contribution in [-0.4, -0.2) is 56.7 Å². The van der Waals surface area contributed by atoms with Crippen molar-refractivity contribution in [1.82, 2.24) is 24.5 Å². The van der Waals surface area contributed by atoms with Gasteiger partial charge in [-0.2, -0.15) is 0 Å². The molecule has 1 aliphatic heterocycles. The molecule has 3 aromatic heterocycles. The molecule has 0 aliphatic carbocycles. The molecule has 1 aliphatic rings. The quantitative estimate of drug-likeness (QED) is 0.308. The number of carbonyl (C=O) groups excluding carboxylic acids is 1. The Bertz CT molecular complexity index is 1740. The lowest BCUT2D eigenvalue weighted by atomic mass is 10.1. The van der Waals surface area contributed by atoms with E-state index in [1.54, 1.807) is 18.5 Å². The maximum atomic E-state index is 14.7. The van der Waals surface area contributed by atoms with Crippen molar-refractivity contribution in [1.29, 1.82) is 0 Å². The molecule has 5 aromatic rings. The first-order valence-electron chi connectivity index (χ1n) is 13.3. The monoisotopic (exact) mass is 552 g/mol. The molecule has 0 bridgehead atoms. The third-order valence-corrected chi connectivity index (χ3v) is 7.27. The van der Waals surface area contributed by atoms with Gasteiger partial charge in [-0.15, -0.1) is 0 Å². The highest BCUT2D eigenvalue weighted by atomic mass is 19.1. The average molecular weight is 553 g/mol. The molecule has 4 heterocycles. The number of aryl methyl sites for hydroxylation is 1. The zero-order chi connectivity index (χ0) is 28.5. The number of anilines is 2. The number of rotatable bonds is 7. The first-order valence-corrected chi connectivity index (χ1v) is 13.3. The number of pyridine rings is 1. The fourth-order valence-electron chi connectivity index (χ4n) is 5.26. The third kappa shape index (κ3) is 5.07. The van der Waals surface area contributed by atoms with Crippen LogP contribution in [0.1, 0.15) is 28.3 Å². The first-order chi connectivity index (χ1) is 19.9. The standard InChI is InChI=1S/C30H29FN8O2/c1-18-35-27-24(39(18)16-19-8-12-33-13-9-19)7-6-22(28(27)38-15-11-20(32)17-38)37-30(40)23-10-14-34-29(36-23)26-21(31)4-3-5-25(26)41-2/h3-10,12-14,20H,11,15-17,32H2,1-2H3,(H,37,40)/t20-/m0/s1. The fourth-order valence-corrected chi connectivity index (χ4v) is 5.26. The highest BCUT2D eigenvalue weighted by molar-refractivity contribution is 6.08. The Morgan fingerprint density at radius 3 is 2.71 bits per heavy atom. The summed E-state index contributed by atoms with van der Waals surface area (Å²) < 4.78 is 22.1. The summed E-state index contributed by atoms with van der Waals surface area (Å²) in [6.45, 7) is 3.99. The number of amides is 1. The van der Waals surface area contributed by atoms with Crippen molar-refractivity contribution in [3.8, 4) is 17.1 Å². The number of fused-ring (bicyclic) bond motifs is 1. The topological polar surface area (TPSA) is 124 Å². The minimum Gasteiger partial charge on any atom is -0.496 e. The molecule has 6 rings (SSSR count). The van der Waals surface area contributed by atoms with Crippen LogP contribution >= 0.6 is 0 Å². The number of halogens is 1. The summed E-state index contributed by atoms with van der Waals surface area (Å²) in [4.78, 5) is 33.3. The average Bonchev–Trinajstić information content (AvgIpc) is 3.55. The van der Waals surface area contributed by atoms with Gasteiger partial charge in [0.05, 0.1) is 29.6 Å².